The van der Waals surface area contributed by atoms with E-state index >= 15 is 0 Å². The van der Waals surface area contributed by atoms with Crippen LogP contribution in [0.4, 0.5) is 10.7 Å². The maximum Gasteiger partial charge on any atom is 0.410 e. The minimum absolute atomic E-state index is 0.247. The van der Waals surface area contributed by atoms with Crippen molar-refractivity contribution in [2.75, 3.05) is 18.4 Å². The van der Waals surface area contributed by atoms with Gasteiger partial charge >= 0.3 is 6.09 Å². The third-order valence-corrected chi connectivity index (χ3v) is 3.30. The van der Waals surface area contributed by atoms with Crippen molar-refractivity contribution in [2.45, 2.75) is 45.3 Å². The quantitative estimate of drug-likeness (QED) is 0.909. The first-order chi connectivity index (χ1) is 9.83. The molecule has 7 heteroatoms. The summed E-state index contributed by atoms with van der Waals surface area (Å²) < 4.78 is 5.37. The van der Waals surface area contributed by atoms with Gasteiger partial charge in [-0.05, 0) is 33.6 Å². The Kier molecular flexibility index (Phi) is 4.88. The summed E-state index contributed by atoms with van der Waals surface area (Å²) in [6.07, 6.45) is 4.55. The zero-order valence-electron chi connectivity index (χ0n) is 12.6. The largest absolute Gasteiger partial charge is 0.444 e. The molecule has 1 aliphatic rings. The number of hydrogen-bond acceptors (Lipinski definition) is 5. The number of likely N-dealkylation sites (tertiary alicyclic amines) is 1. The van der Waals surface area contributed by atoms with Crippen LogP contribution in [-0.4, -0.2) is 45.7 Å². The van der Waals surface area contributed by atoms with Gasteiger partial charge in [-0.25, -0.2) is 14.8 Å². The highest BCUT2D eigenvalue weighted by Gasteiger charge is 2.26. The number of aromatic nitrogens is 2. The molecule has 1 N–H and O–H groups in total. The molecule has 0 radical (unpaired) electrons. The number of amides is 1. The maximum absolute atomic E-state index is 12.0. The number of nitrogens with zero attached hydrogens (tertiary/aromatic N) is 3. The molecule has 116 valence electrons. The lowest BCUT2D eigenvalue weighted by atomic mass is 10.1. The number of rotatable bonds is 2. The Bertz CT molecular complexity index is 479. The fourth-order valence-electron chi connectivity index (χ4n) is 2.10. The van der Waals surface area contributed by atoms with Gasteiger partial charge in [0.25, 0.3) is 0 Å². The molecule has 1 amide bonds. The van der Waals surface area contributed by atoms with E-state index in [2.05, 4.69) is 15.3 Å². The average molecular weight is 313 g/mol. The first kappa shape index (κ1) is 15.8. The highest BCUT2D eigenvalue weighted by Crippen LogP contribution is 2.17. The molecule has 0 atom stereocenters. The average Bonchev–Trinajstić information content (AvgIpc) is 2.40. The summed E-state index contributed by atoms with van der Waals surface area (Å²) in [6.45, 7) is 6.95. The van der Waals surface area contributed by atoms with Crippen molar-refractivity contribution in [2.24, 2.45) is 0 Å². The van der Waals surface area contributed by atoms with Gasteiger partial charge in [0, 0.05) is 19.1 Å². The number of piperidine rings is 1. The topological polar surface area (TPSA) is 67.3 Å². The van der Waals surface area contributed by atoms with E-state index in [4.69, 9.17) is 16.3 Å². The van der Waals surface area contributed by atoms with Crippen LogP contribution in [0, 0.1) is 0 Å². The van der Waals surface area contributed by atoms with Crippen LogP contribution in [0.15, 0.2) is 12.4 Å². The molecule has 1 aromatic heterocycles. The number of anilines is 1. The molecule has 2 heterocycles. The van der Waals surface area contributed by atoms with Crippen LogP contribution in [0.5, 0.6) is 0 Å². The first-order valence-corrected chi connectivity index (χ1v) is 7.43. The number of ether oxygens (including phenoxy) is 1. The zero-order valence-corrected chi connectivity index (χ0v) is 13.4. The Labute approximate surface area is 129 Å². The minimum Gasteiger partial charge on any atom is -0.444 e. The summed E-state index contributed by atoms with van der Waals surface area (Å²) in [5.74, 6) is 0.565. The van der Waals surface area contributed by atoms with E-state index in [1.807, 2.05) is 20.8 Å². The van der Waals surface area contributed by atoms with Crippen molar-refractivity contribution in [3.05, 3.63) is 17.4 Å². The van der Waals surface area contributed by atoms with Crippen molar-refractivity contribution >= 4 is 23.6 Å². The van der Waals surface area contributed by atoms with Crippen LogP contribution in [0.3, 0.4) is 0 Å². The van der Waals surface area contributed by atoms with E-state index in [9.17, 15) is 4.79 Å². The van der Waals surface area contributed by atoms with Crippen molar-refractivity contribution in [3.8, 4) is 0 Å². The fourth-order valence-corrected chi connectivity index (χ4v) is 2.20. The Morgan fingerprint density at radius 3 is 2.43 bits per heavy atom. The molecular formula is C14H21ClN4O2. The molecule has 21 heavy (non-hydrogen) atoms. The minimum atomic E-state index is -0.455. The Morgan fingerprint density at radius 2 is 1.90 bits per heavy atom. The number of hydrogen-bond donors (Lipinski definition) is 1. The number of halogens is 1. The van der Waals surface area contributed by atoms with Crippen molar-refractivity contribution in [1.29, 1.82) is 0 Å². The standard InChI is InChI=1S/C14H21ClN4O2/c1-14(2,3)21-13(20)19-6-4-11(5-7-19)18-12-16-8-10(15)9-17-12/h8-9,11H,4-7H2,1-3H3,(H,16,17,18). The third-order valence-electron chi connectivity index (χ3n) is 3.10. The number of carbonyl (C=O) groups excluding carboxylic acids is 1. The highest BCUT2D eigenvalue weighted by atomic mass is 35.5. The smallest absolute Gasteiger partial charge is 0.410 e. The molecule has 0 aliphatic carbocycles. The van der Waals surface area contributed by atoms with Crippen molar-refractivity contribution in [1.82, 2.24) is 14.9 Å². The van der Waals surface area contributed by atoms with Gasteiger partial charge in [-0.2, -0.15) is 0 Å². The predicted molar refractivity (Wildman–Crippen MR) is 81.5 cm³/mol. The summed E-state index contributed by atoms with van der Waals surface area (Å²) in [6, 6.07) is 0.255. The first-order valence-electron chi connectivity index (χ1n) is 7.05. The monoisotopic (exact) mass is 312 g/mol. The van der Waals surface area contributed by atoms with Crippen molar-refractivity contribution < 1.29 is 9.53 Å². The van der Waals surface area contributed by atoms with E-state index in [0.717, 1.165) is 12.8 Å². The maximum atomic E-state index is 12.0. The number of nitrogens with one attached hydrogen (secondary N) is 1. The molecule has 0 aromatic carbocycles. The van der Waals surface area contributed by atoms with Crippen LogP contribution in [-0.2, 0) is 4.74 Å². The van der Waals surface area contributed by atoms with E-state index in [-0.39, 0.29) is 12.1 Å². The fraction of sp³-hybridized carbons (Fsp3) is 0.643. The van der Waals surface area contributed by atoms with Crippen LogP contribution < -0.4 is 5.32 Å². The molecule has 1 aliphatic heterocycles. The SMILES string of the molecule is CC(C)(C)OC(=O)N1CCC(Nc2ncc(Cl)cn2)CC1. The lowest BCUT2D eigenvalue weighted by molar-refractivity contribution is 0.0210. The second-order valence-corrected chi connectivity index (χ2v) is 6.55. The third kappa shape index (κ3) is 5.04. The molecule has 1 fully saturated rings. The van der Waals surface area contributed by atoms with Gasteiger partial charge < -0.3 is 15.0 Å². The van der Waals surface area contributed by atoms with E-state index in [0.29, 0.717) is 24.1 Å². The molecule has 6 nitrogen and oxygen atoms in total. The zero-order chi connectivity index (χ0) is 15.5. The van der Waals surface area contributed by atoms with E-state index < -0.39 is 5.60 Å². The molecule has 0 bridgehead atoms. The van der Waals surface area contributed by atoms with Gasteiger partial charge in [-0.15, -0.1) is 0 Å². The van der Waals surface area contributed by atoms with Gasteiger partial charge in [0.15, 0.2) is 0 Å². The Morgan fingerprint density at radius 1 is 1.33 bits per heavy atom. The molecule has 0 saturated carbocycles. The highest BCUT2D eigenvalue weighted by molar-refractivity contribution is 6.30. The molecule has 2 rings (SSSR count). The van der Waals surface area contributed by atoms with Gasteiger partial charge in [-0.1, -0.05) is 11.6 Å². The Balaban J connectivity index is 1.80. The van der Waals surface area contributed by atoms with E-state index in [1.54, 1.807) is 17.3 Å². The van der Waals surface area contributed by atoms with Gasteiger partial charge in [0.1, 0.15) is 5.60 Å². The Hall–Kier alpha value is -1.56. The molecule has 0 unspecified atom stereocenters. The lowest BCUT2D eigenvalue weighted by Gasteiger charge is -2.33. The summed E-state index contributed by atoms with van der Waals surface area (Å²) in [5.41, 5.74) is -0.455. The molecule has 1 aromatic rings. The molecule has 0 spiro atoms. The van der Waals surface area contributed by atoms with Gasteiger partial charge in [0.05, 0.1) is 17.4 Å². The van der Waals surface area contributed by atoms with Crippen LogP contribution in [0.1, 0.15) is 33.6 Å². The summed E-state index contributed by atoms with van der Waals surface area (Å²) in [7, 11) is 0. The second kappa shape index (κ2) is 6.47. The van der Waals surface area contributed by atoms with Crippen LogP contribution >= 0.6 is 11.6 Å². The summed E-state index contributed by atoms with van der Waals surface area (Å²) in [5, 5.41) is 3.77. The predicted octanol–water partition coefficient (Wildman–Crippen LogP) is 2.94. The van der Waals surface area contributed by atoms with Crippen LogP contribution in [0.2, 0.25) is 5.02 Å². The van der Waals surface area contributed by atoms with Crippen molar-refractivity contribution in [3.63, 3.8) is 0 Å². The summed E-state index contributed by atoms with van der Waals surface area (Å²) in [4.78, 5) is 21.9. The van der Waals surface area contributed by atoms with Gasteiger partial charge in [0.2, 0.25) is 5.95 Å². The normalized spacial score (nSPS) is 16.7. The number of carbonyl (C=O) groups is 1. The van der Waals surface area contributed by atoms with E-state index in [1.165, 1.54) is 0 Å². The van der Waals surface area contributed by atoms with Crippen LogP contribution in [0.25, 0.3) is 0 Å². The molecule has 1 saturated heterocycles. The lowest BCUT2D eigenvalue weighted by Crippen LogP contribution is -2.44. The van der Waals surface area contributed by atoms with Gasteiger partial charge in [-0.3, -0.25) is 0 Å². The summed E-state index contributed by atoms with van der Waals surface area (Å²) >= 11 is 5.75. The second-order valence-electron chi connectivity index (χ2n) is 6.11. The molecular weight excluding hydrogens is 292 g/mol.